The first kappa shape index (κ1) is 17.9. The number of pyridine rings is 2. The second-order valence-corrected chi connectivity index (χ2v) is 6.71. The second kappa shape index (κ2) is 8.48. The molecule has 0 aliphatic carbocycles. The molecule has 4 aromatic rings. The van der Waals surface area contributed by atoms with Gasteiger partial charge in [0, 0.05) is 36.4 Å². The minimum absolute atomic E-state index is 0.0605. The summed E-state index contributed by atoms with van der Waals surface area (Å²) in [4.78, 5) is 21.4. The summed E-state index contributed by atoms with van der Waals surface area (Å²) in [6.07, 6.45) is 8.45. The Morgan fingerprint density at radius 3 is 2.61 bits per heavy atom. The summed E-state index contributed by atoms with van der Waals surface area (Å²) >= 11 is 0. The molecule has 5 nitrogen and oxygen atoms in total. The molecule has 3 aromatic heterocycles. The summed E-state index contributed by atoms with van der Waals surface area (Å²) in [5, 5.41) is 3.00. The van der Waals surface area contributed by atoms with Gasteiger partial charge in [-0.15, -0.1) is 0 Å². The topological polar surface area (TPSA) is 59.3 Å². The third-order valence-corrected chi connectivity index (χ3v) is 4.65. The van der Waals surface area contributed by atoms with Gasteiger partial charge in [0.2, 0.25) is 0 Å². The van der Waals surface area contributed by atoms with Gasteiger partial charge in [-0.2, -0.15) is 0 Å². The van der Waals surface area contributed by atoms with Gasteiger partial charge in [-0.25, -0.2) is 4.98 Å². The van der Waals surface area contributed by atoms with Crippen molar-refractivity contribution in [1.29, 1.82) is 0 Å². The van der Waals surface area contributed by atoms with Gasteiger partial charge in [0.15, 0.2) is 0 Å². The van der Waals surface area contributed by atoms with E-state index in [0.717, 1.165) is 41.9 Å². The lowest BCUT2D eigenvalue weighted by Crippen LogP contribution is -2.24. The summed E-state index contributed by atoms with van der Waals surface area (Å²) < 4.78 is 1.90. The summed E-state index contributed by atoms with van der Waals surface area (Å²) in [6.45, 7) is 0.656. The SMILES string of the molecule is O=C(NCCCCc1ccccn1)c1ccc2nc(-c3ccccc3)cn2c1. The maximum atomic E-state index is 12.4. The number of carbonyl (C=O) groups is 1. The molecule has 0 radical (unpaired) electrons. The van der Waals surface area contributed by atoms with Crippen molar-refractivity contribution < 1.29 is 4.79 Å². The Morgan fingerprint density at radius 2 is 1.79 bits per heavy atom. The third kappa shape index (κ3) is 4.26. The van der Waals surface area contributed by atoms with E-state index in [1.165, 1.54) is 0 Å². The highest BCUT2D eigenvalue weighted by molar-refractivity contribution is 5.94. The fourth-order valence-electron chi connectivity index (χ4n) is 3.16. The van der Waals surface area contributed by atoms with Crippen LogP contribution in [0.4, 0.5) is 0 Å². The number of aromatic nitrogens is 3. The van der Waals surface area contributed by atoms with Gasteiger partial charge in [0.05, 0.1) is 11.3 Å². The Bertz CT molecular complexity index is 1060. The zero-order valence-electron chi connectivity index (χ0n) is 15.6. The maximum absolute atomic E-state index is 12.4. The third-order valence-electron chi connectivity index (χ3n) is 4.65. The van der Waals surface area contributed by atoms with Crippen LogP contribution in [-0.4, -0.2) is 26.8 Å². The highest BCUT2D eigenvalue weighted by Gasteiger charge is 2.09. The summed E-state index contributed by atoms with van der Waals surface area (Å²) in [7, 11) is 0. The van der Waals surface area contributed by atoms with Gasteiger partial charge in [-0.1, -0.05) is 36.4 Å². The fourth-order valence-corrected chi connectivity index (χ4v) is 3.16. The van der Waals surface area contributed by atoms with E-state index >= 15 is 0 Å². The number of nitrogens with zero attached hydrogens (tertiary/aromatic N) is 3. The van der Waals surface area contributed by atoms with Crippen molar-refractivity contribution in [2.75, 3.05) is 6.54 Å². The lowest BCUT2D eigenvalue weighted by Gasteiger charge is -2.06. The number of aryl methyl sites for hydroxylation is 1. The predicted molar refractivity (Wildman–Crippen MR) is 110 cm³/mol. The first-order valence-corrected chi connectivity index (χ1v) is 9.52. The molecule has 0 aliphatic heterocycles. The van der Waals surface area contributed by atoms with Crippen LogP contribution in [0, 0.1) is 0 Å². The van der Waals surface area contributed by atoms with Crippen LogP contribution in [0.25, 0.3) is 16.9 Å². The van der Waals surface area contributed by atoms with Crippen molar-refractivity contribution in [2.24, 2.45) is 0 Å². The van der Waals surface area contributed by atoms with Crippen molar-refractivity contribution in [2.45, 2.75) is 19.3 Å². The highest BCUT2D eigenvalue weighted by atomic mass is 16.1. The van der Waals surface area contributed by atoms with E-state index < -0.39 is 0 Å². The average Bonchev–Trinajstić information content (AvgIpc) is 3.18. The fraction of sp³-hybridized carbons (Fsp3) is 0.174. The quantitative estimate of drug-likeness (QED) is 0.497. The lowest BCUT2D eigenvalue weighted by molar-refractivity contribution is 0.0952. The van der Waals surface area contributed by atoms with Gasteiger partial charge in [0.1, 0.15) is 5.65 Å². The molecule has 0 spiro atoms. The van der Waals surface area contributed by atoms with Crippen LogP contribution >= 0.6 is 0 Å². The number of fused-ring (bicyclic) bond motifs is 1. The molecule has 0 saturated heterocycles. The number of rotatable bonds is 7. The van der Waals surface area contributed by atoms with E-state index in [9.17, 15) is 4.79 Å². The Labute approximate surface area is 164 Å². The summed E-state index contributed by atoms with van der Waals surface area (Å²) in [6, 6.07) is 19.7. The van der Waals surface area contributed by atoms with Crippen LogP contribution in [0.2, 0.25) is 0 Å². The summed E-state index contributed by atoms with van der Waals surface area (Å²) in [5.74, 6) is -0.0605. The molecule has 140 valence electrons. The minimum atomic E-state index is -0.0605. The molecule has 4 rings (SSSR count). The number of benzene rings is 1. The highest BCUT2D eigenvalue weighted by Crippen LogP contribution is 2.19. The molecule has 0 fully saturated rings. The molecular weight excluding hydrogens is 348 g/mol. The monoisotopic (exact) mass is 370 g/mol. The van der Waals surface area contributed by atoms with Crippen LogP contribution in [0.5, 0.6) is 0 Å². The van der Waals surface area contributed by atoms with E-state index in [-0.39, 0.29) is 5.91 Å². The van der Waals surface area contributed by atoms with Crippen molar-refractivity contribution >= 4 is 11.6 Å². The predicted octanol–water partition coefficient (Wildman–Crippen LogP) is 4.15. The average molecular weight is 370 g/mol. The van der Waals surface area contributed by atoms with Crippen molar-refractivity contribution in [1.82, 2.24) is 19.7 Å². The number of carbonyl (C=O) groups excluding carboxylic acids is 1. The Kier molecular flexibility index (Phi) is 5.43. The molecule has 5 heteroatoms. The molecule has 0 saturated carbocycles. The minimum Gasteiger partial charge on any atom is -0.352 e. The molecule has 28 heavy (non-hydrogen) atoms. The number of nitrogens with one attached hydrogen (secondary N) is 1. The van der Waals surface area contributed by atoms with Crippen molar-refractivity contribution in [3.8, 4) is 11.3 Å². The van der Waals surface area contributed by atoms with Crippen LogP contribution in [0.1, 0.15) is 28.9 Å². The number of hydrogen-bond donors (Lipinski definition) is 1. The van der Waals surface area contributed by atoms with Crippen molar-refractivity contribution in [3.63, 3.8) is 0 Å². The standard InChI is InChI=1S/C23H22N4O/c28-23(25-15-7-5-11-20-10-4-6-14-24-20)19-12-13-22-26-21(17-27(22)16-19)18-8-2-1-3-9-18/h1-4,6,8-10,12-14,16-17H,5,7,11,15H2,(H,25,28). The Balaban J connectivity index is 1.34. The number of hydrogen-bond acceptors (Lipinski definition) is 3. The molecular formula is C23H22N4O. The normalized spacial score (nSPS) is 10.9. The first-order chi connectivity index (χ1) is 13.8. The summed E-state index contributed by atoms with van der Waals surface area (Å²) in [5.41, 5.74) is 4.51. The van der Waals surface area contributed by atoms with Gasteiger partial charge < -0.3 is 9.72 Å². The Morgan fingerprint density at radius 1 is 0.929 bits per heavy atom. The molecule has 0 unspecified atom stereocenters. The smallest absolute Gasteiger partial charge is 0.252 e. The zero-order valence-corrected chi connectivity index (χ0v) is 15.6. The molecule has 0 aliphatic rings. The Hall–Kier alpha value is -3.47. The van der Waals surface area contributed by atoms with Crippen LogP contribution in [0.3, 0.4) is 0 Å². The van der Waals surface area contributed by atoms with E-state index in [0.29, 0.717) is 12.1 Å². The van der Waals surface area contributed by atoms with E-state index in [2.05, 4.69) is 15.3 Å². The molecule has 3 heterocycles. The van der Waals surface area contributed by atoms with Crippen LogP contribution < -0.4 is 5.32 Å². The molecule has 1 amide bonds. The van der Waals surface area contributed by atoms with Crippen LogP contribution in [0.15, 0.2) is 79.3 Å². The first-order valence-electron chi connectivity index (χ1n) is 9.52. The molecule has 0 atom stereocenters. The lowest BCUT2D eigenvalue weighted by atomic mass is 10.2. The van der Waals surface area contributed by atoms with Gasteiger partial charge in [0.25, 0.3) is 5.91 Å². The van der Waals surface area contributed by atoms with E-state index in [1.54, 1.807) is 0 Å². The molecule has 1 N–H and O–H groups in total. The maximum Gasteiger partial charge on any atom is 0.252 e. The molecule has 0 bridgehead atoms. The zero-order chi connectivity index (χ0) is 19.2. The number of unbranched alkanes of at least 4 members (excludes halogenated alkanes) is 1. The van der Waals surface area contributed by atoms with E-state index in [1.807, 2.05) is 83.7 Å². The van der Waals surface area contributed by atoms with Crippen LogP contribution in [-0.2, 0) is 6.42 Å². The van der Waals surface area contributed by atoms with E-state index in [4.69, 9.17) is 0 Å². The second-order valence-electron chi connectivity index (χ2n) is 6.71. The number of imidazole rings is 1. The molecule has 1 aromatic carbocycles. The van der Waals surface area contributed by atoms with Gasteiger partial charge >= 0.3 is 0 Å². The number of amides is 1. The largest absolute Gasteiger partial charge is 0.352 e. The van der Waals surface area contributed by atoms with Gasteiger partial charge in [-0.3, -0.25) is 9.78 Å². The van der Waals surface area contributed by atoms with Crippen molar-refractivity contribution in [3.05, 3.63) is 90.5 Å². The van der Waals surface area contributed by atoms with Gasteiger partial charge in [-0.05, 0) is 43.5 Å².